The number of rotatable bonds is 2. The van der Waals surface area contributed by atoms with Crippen LogP contribution < -0.4 is 0 Å². The molecule has 15 heavy (non-hydrogen) atoms. The summed E-state index contributed by atoms with van der Waals surface area (Å²) in [4.78, 5) is 1.54. The van der Waals surface area contributed by atoms with Crippen molar-refractivity contribution in [3.63, 3.8) is 0 Å². The Morgan fingerprint density at radius 1 is 1.40 bits per heavy atom. The molecule has 0 amide bonds. The van der Waals surface area contributed by atoms with Gasteiger partial charge in [-0.1, -0.05) is 0 Å². The molecule has 7 heteroatoms. The largest absolute Gasteiger partial charge is 0.405 e. The maximum atomic E-state index is 12.2. The number of hydrogen-bond donors (Lipinski definition) is 0. The standard InChI is InChI=1S/C8H11F3N2OS/c9-8(10,11)7(5-12)6-13-1-3-15(14)4-2-13/h7H,1-4,6H2. The van der Waals surface area contributed by atoms with E-state index in [0.717, 1.165) is 0 Å². The predicted octanol–water partition coefficient (Wildman–Crippen LogP) is 0.753. The third-order valence-electron chi connectivity index (χ3n) is 2.26. The van der Waals surface area contributed by atoms with Gasteiger partial charge in [-0.25, -0.2) is 0 Å². The van der Waals surface area contributed by atoms with Crippen LogP contribution in [0.1, 0.15) is 0 Å². The van der Waals surface area contributed by atoms with Gasteiger partial charge in [-0.3, -0.25) is 9.11 Å². The van der Waals surface area contributed by atoms with E-state index in [1.165, 1.54) is 6.07 Å². The van der Waals surface area contributed by atoms with Crippen LogP contribution in [0.25, 0.3) is 0 Å². The van der Waals surface area contributed by atoms with Crippen LogP contribution in [0.5, 0.6) is 0 Å². The maximum absolute atomic E-state index is 12.2. The van der Waals surface area contributed by atoms with E-state index in [1.54, 1.807) is 4.90 Å². The molecule has 0 aliphatic carbocycles. The Hall–Kier alpha value is -0.610. The molecule has 0 aromatic heterocycles. The molecule has 1 fully saturated rings. The first-order chi connectivity index (χ1) is 6.93. The van der Waals surface area contributed by atoms with Gasteiger partial charge in [0.25, 0.3) is 0 Å². The molecule has 0 spiro atoms. The van der Waals surface area contributed by atoms with Crippen molar-refractivity contribution in [3.05, 3.63) is 0 Å². The van der Waals surface area contributed by atoms with E-state index in [0.29, 0.717) is 24.6 Å². The predicted molar refractivity (Wildman–Crippen MR) is 49.5 cm³/mol. The molecule has 1 atom stereocenters. The smallest absolute Gasteiger partial charge is 0.300 e. The molecule has 1 rings (SSSR count). The van der Waals surface area contributed by atoms with Gasteiger partial charge in [0, 0.05) is 41.9 Å². The van der Waals surface area contributed by atoms with Crippen LogP contribution in [0.2, 0.25) is 0 Å². The van der Waals surface area contributed by atoms with Crippen LogP contribution in [-0.4, -0.2) is 46.4 Å². The van der Waals surface area contributed by atoms with Gasteiger partial charge in [0.1, 0.15) is 0 Å². The minimum Gasteiger partial charge on any atom is -0.300 e. The Balaban J connectivity index is 2.47. The van der Waals surface area contributed by atoms with Crippen molar-refractivity contribution in [2.75, 3.05) is 31.1 Å². The molecule has 0 N–H and O–H groups in total. The summed E-state index contributed by atoms with van der Waals surface area (Å²) in [7, 11) is -0.905. The molecule has 0 bridgehead atoms. The number of nitriles is 1. The van der Waals surface area contributed by atoms with Crippen molar-refractivity contribution >= 4 is 10.8 Å². The van der Waals surface area contributed by atoms with Gasteiger partial charge in [-0.05, 0) is 0 Å². The molecule has 0 saturated carbocycles. The Bertz CT molecular complexity index is 277. The monoisotopic (exact) mass is 240 g/mol. The van der Waals surface area contributed by atoms with Crippen molar-refractivity contribution in [1.29, 1.82) is 5.26 Å². The van der Waals surface area contributed by atoms with Crippen molar-refractivity contribution in [2.45, 2.75) is 6.18 Å². The molecule has 1 aliphatic heterocycles. The molecule has 0 radical (unpaired) electrons. The average Bonchev–Trinajstić information content (AvgIpc) is 2.15. The lowest BCUT2D eigenvalue weighted by Crippen LogP contribution is -2.43. The zero-order valence-electron chi connectivity index (χ0n) is 7.96. The van der Waals surface area contributed by atoms with E-state index < -0.39 is 22.9 Å². The SMILES string of the molecule is N#CC(CN1CCS(=O)CC1)C(F)(F)F. The van der Waals surface area contributed by atoms with Crippen molar-refractivity contribution in [1.82, 2.24) is 4.90 Å². The van der Waals surface area contributed by atoms with Gasteiger partial charge < -0.3 is 0 Å². The molecule has 0 aromatic carbocycles. The summed E-state index contributed by atoms with van der Waals surface area (Å²) in [5.74, 6) is -1.14. The fourth-order valence-electron chi connectivity index (χ4n) is 1.33. The molecule has 3 nitrogen and oxygen atoms in total. The van der Waals surface area contributed by atoms with Crippen LogP contribution in [0.3, 0.4) is 0 Å². The highest BCUT2D eigenvalue weighted by molar-refractivity contribution is 7.85. The Morgan fingerprint density at radius 3 is 2.33 bits per heavy atom. The van der Waals surface area contributed by atoms with E-state index >= 15 is 0 Å². The number of nitrogens with zero attached hydrogens (tertiary/aromatic N) is 2. The molecule has 86 valence electrons. The lowest BCUT2D eigenvalue weighted by Gasteiger charge is -2.28. The summed E-state index contributed by atoms with van der Waals surface area (Å²) >= 11 is 0. The van der Waals surface area contributed by atoms with Crippen molar-refractivity contribution < 1.29 is 17.4 Å². The summed E-state index contributed by atoms with van der Waals surface area (Å²) in [5, 5.41) is 8.39. The van der Waals surface area contributed by atoms with Gasteiger partial charge in [0.05, 0.1) is 6.07 Å². The molecule has 1 aliphatic rings. The highest BCUT2D eigenvalue weighted by atomic mass is 32.2. The summed E-state index contributed by atoms with van der Waals surface area (Å²) in [5.41, 5.74) is 0. The van der Waals surface area contributed by atoms with Crippen LogP contribution in [0, 0.1) is 17.2 Å². The fraction of sp³-hybridized carbons (Fsp3) is 0.875. The van der Waals surface area contributed by atoms with E-state index in [9.17, 15) is 17.4 Å². The minimum atomic E-state index is -4.47. The summed E-state index contributed by atoms with van der Waals surface area (Å²) in [6.45, 7) is 0.443. The number of halogens is 3. The lowest BCUT2D eigenvalue weighted by molar-refractivity contribution is -0.162. The summed E-state index contributed by atoms with van der Waals surface area (Å²) in [6, 6.07) is 1.26. The van der Waals surface area contributed by atoms with Crippen LogP contribution in [-0.2, 0) is 10.8 Å². The topological polar surface area (TPSA) is 44.1 Å². The minimum absolute atomic E-state index is 0.308. The highest BCUT2D eigenvalue weighted by Gasteiger charge is 2.41. The second kappa shape index (κ2) is 4.94. The second-order valence-corrected chi connectivity index (χ2v) is 5.07. The Labute approximate surface area is 88.3 Å². The third-order valence-corrected chi connectivity index (χ3v) is 3.54. The second-order valence-electron chi connectivity index (χ2n) is 3.37. The van der Waals surface area contributed by atoms with Gasteiger partial charge in [0.15, 0.2) is 5.92 Å². The van der Waals surface area contributed by atoms with E-state index in [2.05, 4.69) is 0 Å². The Morgan fingerprint density at radius 2 is 1.93 bits per heavy atom. The third kappa shape index (κ3) is 3.80. The first-order valence-corrected chi connectivity index (χ1v) is 5.96. The van der Waals surface area contributed by atoms with Gasteiger partial charge in [0.2, 0.25) is 0 Å². The zero-order valence-corrected chi connectivity index (χ0v) is 8.77. The van der Waals surface area contributed by atoms with Crippen LogP contribution >= 0.6 is 0 Å². The Kier molecular flexibility index (Phi) is 4.11. The van der Waals surface area contributed by atoms with Crippen molar-refractivity contribution in [3.8, 4) is 6.07 Å². The van der Waals surface area contributed by atoms with Crippen LogP contribution in [0.4, 0.5) is 13.2 Å². The maximum Gasteiger partial charge on any atom is 0.405 e. The highest BCUT2D eigenvalue weighted by Crippen LogP contribution is 2.26. The first kappa shape index (κ1) is 12.5. The van der Waals surface area contributed by atoms with E-state index in [1.807, 2.05) is 0 Å². The lowest BCUT2D eigenvalue weighted by atomic mass is 10.1. The molecule has 1 heterocycles. The first-order valence-electron chi connectivity index (χ1n) is 4.47. The molecular formula is C8H11F3N2OS. The summed E-state index contributed by atoms with van der Waals surface area (Å²) in [6.07, 6.45) is -4.47. The van der Waals surface area contributed by atoms with Crippen molar-refractivity contribution in [2.24, 2.45) is 5.92 Å². The molecular weight excluding hydrogens is 229 g/mol. The molecule has 1 saturated heterocycles. The average molecular weight is 240 g/mol. The van der Waals surface area contributed by atoms with Crippen LogP contribution in [0.15, 0.2) is 0 Å². The van der Waals surface area contributed by atoms with Gasteiger partial charge in [-0.15, -0.1) is 0 Å². The van der Waals surface area contributed by atoms with E-state index in [4.69, 9.17) is 5.26 Å². The van der Waals surface area contributed by atoms with E-state index in [-0.39, 0.29) is 6.54 Å². The fourth-order valence-corrected chi connectivity index (χ4v) is 2.46. The normalized spacial score (nSPS) is 22.3. The van der Waals surface area contributed by atoms with Gasteiger partial charge in [-0.2, -0.15) is 18.4 Å². The molecule has 0 aromatic rings. The zero-order chi connectivity index (χ0) is 11.5. The molecule has 1 unspecified atom stereocenters. The van der Waals surface area contributed by atoms with Gasteiger partial charge >= 0.3 is 6.18 Å². The number of alkyl halides is 3. The number of hydrogen-bond acceptors (Lipinski definition) is 3. The summed E-state index contributed by atoms with van der Waals surface area (Å²) < 4.78 is 47.7. The quantitative estimate of drug-likeness (QED) is 0.715.